The lowest BCUT2D eigenvalue weighted by Gasteiger charge is -2.22. The van der Waals surface area contributed by atoms with Gasteiger partial charge in [-0.1, -0.05) is 0 Å². The first-order valence-electron chi connectivity index (χ1n) is 5.45. The van der Waals surface area contributed by atoms with Crippen molar-refractivity contribution >= 4 is 5.91 Å². The molecule has 1 aliphatic heterocycles. The van der Waals surface area contributed by atoms with E-state index >= 15 is 0 Å². The van der Waals surface area contributed by atoms with Crippen LogP contribution in [0.5, 0.6) is 0 Å². The van der Waals surface area contributed by atoms with Crippen LogP contribution in [0.1, 0.15) is 19.8 Å². The van der Waals surface area contributed by atoms with Crippen molar-refractivity contribution in [3.05, 3.63) is 0 Å². The number of ether oxygens (including phenoxy) is 1. The van der Waals surface area contributed by atoms with Gasteiger partial charge in [-0.2, -0.15) is 0 Å². The minimum Gasteiger partial charge on any atom is -0.394 e. The first-order valence-corrected chi connectivity index (χ1v) is 5.45. The molecule has 0 aliphatic carbocycles. The number of hydrogen-bond donors (Lipinski definition) is 3. The number of carbonyl (C=O) groups excluding carboxylic acids is 1. The fraction of sp³-hybridized carbons (Fsp3) is 0.900. The highest BCUT2D eigenvalue weighted by molar-refractivity contribution is 5.77. The number of aliphatic hydroxyl groups is 1. The predicted molar refractivity (Wildman–Crippen MR) is 56.5 cm³/mol. The van der Waals surface area contributed by atoms with E-state index in [9.17, 15) is 4.79 Å². The van der Waals surface area contributed by atoms with Crippen LogP contribution in [0.25, 0.3) is 0 Å². The summed E-state index contributed by atoms with van der Waals surface area (Å²) in [5.74, 6) is -0.157. The van der Waals surface area contributed by atoms with E-state index in [0.29, 0.717) is 0 Å². The van der Waals surface area contributed by atoms with E-state index in [-0.39, 0.29) is 31.3 Å². The van der Waals surface area contributed by atoms with E-state index in [1.54, 1.807) is 6.92 Å². The number of carbonyl (C=O) groups is 1. The average molecular weight is 216 g/mol. The van der Waals surface area contributed by atoms with Crippen molar-refractivity contribution in [2.24, 2.45) is 0 Å². The molecule has 88 valence electrons. The van der Waals surface area contributed by atoms with Gasteiger partial charge in [-0.3, -0.25) is 4.79 Å². The maximum absolute atomic E-state index is 11.3. The molecule has 1 saturated heterocycles. The highest BCUT2D eigenvalue weighted by atomic mass is 16.5. The number of nitrogens with one attached hydrogen (secondary N) is 2. The van der Waals surface area contributed by atoms with E-state index in [1.165, 1.54) is 0 Å². The minimum absolute atomic E-state index is 0.0426. The molecule has 0 aromatic carbocycles. The fourth-order valence-corrected chi connectivity index (χ4v) is 1.52. The second-order valence-corrected chi connectivity index (χ2v) is 3.91. The lowest BCUT2D eigenvalue weighted by Crippen LogP contribution is -2.39. The molecule has 1 heterocycles. The Morgan fingerprint density at radius 3 is 2.87 bits per heavy atom. The van der Waals surface area contributed by atoms with Gasteiger partial charge in [0.2, 0.25) is 5.91 Å². The molecule has 1 atom stereocenters. The van der Waals surface area contributed by atoms with Crippen LogP contribution in [0.2, 0.25) is 0 Å². The summed E-state index contributed by atoms with van der Waals surface area (Å²) < 4.78 is 5.46. The van der Waals surface area contributed by atoms with E-state index in [2.05, 4.69) is 10.6 Å². The highest BCUT2D eigenvalue weighted by Gasteiger charge is 2.15. The van der Waals surface area contributed by atoms with Crippen LogP contribution in [0.15, 0.2) is 0 Å². The number of amides is 1. The maximum Gasteiger partial charge on any atom is 0.246 e. The Morgan fingerprint density at radius 2 is 2.27 bits per heavy atom. The Hall–Kier alpha value is -0.650. The number of hydrogen-bond acceptors (Lipinski definition) is 4. The molecule has 0 aromatic rings. The molecule has 0 saturated carbocycles. The van der Waals surface area contributed by atoms with Crippen LogP contribution in [-0.4, -0.2) is 49.5 Å². The molecule has 3 N–H and O–H groups in total. The molecule has 0 aromatic heterocycles. The summed E-state index contributed by atoms with van der Waals surface area (Å²) in [6.07, 6.45) is 2.12. The second kappa shape index (κ2) is 6.76. The molecule has 0 radical (unpaired) electrons. The summed E-state index contributed by atoms with van der Waals surface area (Å²) in [4.78, 5) is 11.3. The Labute approximate surface area is 90.2 Å². The van der Waals surface area contributed by atoms with E-state index < -0.39 is 0 Å². The Morgan fingerprint density at radius 1 is 1.60 bits per heavy atom. The first kappa shape index (κ1) is 12.4. The summed E-state index contributed by atoms with van der Waals surface area (Å²) in [6.45, 7) is 3.72. The van der Waals surface area contributed by atoms with Gasteiger partial charge < -0.3 is 20.5 Å². The molecule has 15 heavy (non-hydrogen) atoms. The van der Waals surface area contributed by atoms with Crippen LogP contribution in [0.3, 0.4) is 0 Å². The molecular formula is C10H20N2O3. The average Bonchev–Trinajstić information content (AvgIpc) is 2.27. The van der Waals surface area contributed by atoms with Crippen LogP contribution in [0, 0.1) is 0 Å². The predicted octanol–water partition coefficient (Wildman–Crippen LogP) is -0.748. The molecule has 1 amide bonds. The van der Waals surface area contributed by atoms with Crippen molar-refractivity contribution < 1.29 is 14.6 Å². The van der Waals surface area contributed by atoms with Crippen molar-refractivity contribution in [3.63, 3.8) is 0 Å². The Bertz CT molecular complexity index is 193. The number of rotatable bonds is 5. The quantitative estimate of drug-likeness (QED) is 0.565. The normalized spacial score (nSPS) is 19.9. The van der Waals surface area contributed by atoms with E-state index in [4.69, 9.17) is 9.84 Å². The van der Waals surface area contributed by atoms with Gasteiger partial charge in [0, 0.05) is 6.04 Å². The third kappa shape index (κ3) is 5.11. The third-order valence-corrected chi connectivity index (χ3v) is 2.42. The van der Waals surface area contributed by atoms with Gasteiger partial charge in [0.25, 0.3) is 0 Å². The summed E-state index contributed by atoms with van der Waals surface area (Å²) >= 11 is 0. The zero-order chi connectivity index (χ0) is 11.1. The molecule has 0 spiro atoms. The van der Waals surface area contributed by atoms with Crippen LogP contribution in [0.4, 0.5) is 0 Å². The smallest absolute Gasteiger partial charge is 0.246 e. The maximum atomic E-state index is 11.3. The van der Waals surface area contributed by atoms with Gasteiger partial charge in [-0.25, -0.2) is 0 Å². The molecular weight excluding hydrogens is 196 g/mol. The molecule has 1 aliphatic rings. The largest absolute Gasteiger partial charge is 0.394 e. The number of piperidine rings is 1. The zero-order valence-corrected chi connectivity index (χ0v) is 9.16. The standard InChI is InChI=1S/C10H20N2O3/c1-8(6-13)12-10(14)7-15-9-2-4-11-5-3-9/h8-9,11,13H,2-7H2,1H3,(H,12,14)/t8-/m0/s1. The van der Waals surface area contributed by atoms with E-state index in [1.807, 2.05) is 0 Å². The van der Waals surface area contributed by atoms with Crippen molar-refractivity contribution in [1.29, 1.82) is 0 Å². The van der Waals surface area contributed by atoms with Crippen LogP contribution in [-0.2, 0) is 9.53 Å². The van der Waals surface area contributed by atoms with Gasteiger partial charge >= 0.3 is 0 Å². The third-order valence-electron chi connectivity index (χ3n) is 2.42. The molecule has 1 rings (SSSR count). The van der Waals surface area contributed by atoms with Crippen molar-refractivity contribution in [1.82, 2.24) is 10.6 Å². The topological polar surface area (TPSA) is 70.6 Å². The summed E-state index contributed by atoms with van der Waals surface area (Å²) in [5.41, 5.74) is 0. The monoisotopic (exact) mass is 216 g/mol. The lowest BCUT2D eigenvalue weighted by atomic mass is 10.1. The van der Waals surface area contributed by atoms with Gasteiger partial charge in [0.15, 0.2) is 0 Å². The second-order valence-electron chi connectivity index (χ2n) is 3.91. The summed E-state index contributed by atoms with van der Waals surface area (Å²) in [7, 11) is 0. The fourth-order valence-electron chi connectivity index (χ4n) is 1.52. The van der Waals surface area contributed by atoms with Gasteiger partial charge in [0.05, 0.1) is 12.7 Å². The zero-order valence-electron chi connectivity index (χ0n) is 9.16. The van der Waals surface area contributed by atoms with E-state index in [0.717, 1.165) is 25.9 Å². The van der Waals surface area contributed by atoms with Gasteiger partial charge in [-0.05, 0) is 32.9 Å². The molecule has 5 nitrogen and oxygen atoms in total. The molecule has 0 unspecified atom stereocenters. The van der Waals surface area contributed by atoms with Crippen molar-refractivity contribution in [2.45, 2.75) is 31.9 Å². The Kier molecular flexibility index (Phi) is 5.60. The van der Waals surface area contributed by atoms with Crippen LogP contribution < -0.4 is 10.6 Å². The highest BCUT2D eigenvalue weighted by Crippen LogP contribution is 2.06. The molecule has 5 heteroatoms. The summed E-state index contributed by atoms with van der Waals surface area (Å²) in [6, 6.07) is -0.200. The van der Waals surface area contributed by atoms with Gasteiger partial charge in [-0.15, -0.1) is 0 Å². The first-order chi connectivity index (χ1) is 7.22. The van der Waals surface area contributed by atoms with Gasteiger partial charge in [0.1, 0.15) is 6.61 Å². The Balaban J connectivity index is 2.10. The number of aliphatic hydroxyl groups excluding tert-OH is 1. The lowest BCUT2D eigenvalue weighted by molar-refractivity contribution is -0.129. The molecule has 1 fully saturated rings. The SMILES string of the molecule is C[C@@H](CO)NC(=O)COC1CCNCC1. The minimum atomic E-state index is -0.200. The summed E-state index contributed by atoms with van der Waals surface area (Å²) in [5, 5.41) is 14.6. The molecule has 0 bridgehead atoms. The van der Waals surface area contributed by atoms with Crippen molar-refractivity contribution in [2.75, 3.05) is 26.3 Å². The van der Waals surface area contributed by atoms with Crippen molar-refractivity contribution in [3.8, 4) is 0 Å². The van der Waals surface area contributed by atoms with Crippen LogP contribution >= 0.6 is 0 Å².